The van der Waals surface area contributed by atoms with Gasteiger partial charge >= 0.3 is 0 Å². The number of nitrogens with zero attached hydrogens (tertiary/aromatic N) is 1. The molecule has 120 valence electrons. The predicted molar refractivity (Wildman–Crippen MR) is 85.6 cm³/mol. The van der Waals surface area contributed by atoms with Crippen LogP contribution in [0.15, 0.2) is 0 Å². The van der Waals surface area contributed by atoms with Gasteiger partial charge in [-0.25, -0.2) is 8.42 Å². The average molecular weight is 305 g/mol. The Kier molecular flexibility index (Phi) is 6.48. The third-order valence-corrected chi connectivity index (χ3v) is 7.21. The van der Waals surface area contributed by atoms with Gasteiger partial charge in [0.05, 0.1) is 10.5 Å². The van der Waals surface area contributed by atoms with Gasteiger partial charge in [0.2, 0.25) is 0 Å². The SMILES string of the molecule is CCN(CCS(=O)(=O)C(C)(C)C)C1CCCCC1CN. The fraction of sp³-hybridized carbons (Fsp3) is 1.00. The Morgan fingerprint density at radius 2 is 1.80 bits per heavy atom. The summed E-state index contributed by atoms with van der Waals surface area (Å²) in [7, 11) is -3.04. The molecule has 0 amide bonds. The number of nitrogens with two attached hydrogens (primary N) is 1. The van der Waals surface area contributed by atoms with E-state index in [-0.39, 0.29) is 5.75 Å². The van der Waals surface area contributed by atoms with Crippen molar-refractivity contribution in [3.8, 4) is 0 Å². The summed E-state index contributed by atoms with van der Waals surface area (Å²) in [6.07, 6.45) is 4.84. The van der Waals surface area contributed by atoms with Crippen LogP contribution in [0.3, 0.4) is 0 Å². The highest BCUT2D eigenvalue weighted by Crippen LogP contribution is 2.28. The minimum Gasteiger partial charge on any atom is -0.330 e. The summed E-state index contributed by atoms with van der Waals surface area (Å²) in [4.78, 5) is 2.33. The van der Waals surface area contributed by atoms with Crippen molar-refractivity contribution in [1.29, 1.82) is 0 Å². The third kappa shape index (κ3) is 4.43. The van der Waals surface area contributed by atoms with Crippen molar-refractivity contribution in [2.45, 2.75) is 64.2 Å². The number of sulfone groups is 1. The van der Waals surface area contributed by atoms with E-state index in [1.165, 1.54) is 19.3 Å². The van der Waals surface area contributed by atoms with Gasteiger partial charge in [-0.3, -0.25) is 4.90 Å². The van der Waals surface area contributed by atoms with Gasteiger partial charge in [0, 0.05) is 12.6 Å². The first-order valence-electron chi connectivity index (χ1n) is 7.89. The van der Waals surface area contributed by atoms with E-state index in [0.29, 0.717) is 25.0 Å². The molecule has 0 spiro atoms. The minimum atomic E-state index is -3.04. The van der Waals surface area contributed by atoms with E-state index in [4.69, 9.17) is 5.73 Å². The van der Waals surface area contributed by atoms with E-state index in [2.05, 4.69) is 11.8 Å². The summed E-state index contributed by atoms with van der Waals surface area (Å²) >= 11 is 0. The molecule has 0 aromatic rings. The Labute approximate surface area is 125 Å². The zero-order valence-electron chi connectivity index (χ0n) is 13.6. The summed E-state index contributed by atoms with van der Waals surface area (Å²) in [5.74, 6) is 0.777. The van der Waals surface area contributed by atoms with E-state index in [1.54, 1.807) is 20.8 Å². The van der Waals surface area contributed by atoms with Crippen LogP contribution in [0.4, 0.5) is 0 Å². The number of hydrogen-bond donors (Lipinski definition) is 1. The largest absolute Gasteiger partial charge is 0.330 e. The second-order valence-electron chi connectivity index (χ2n) is 6.91. The molecule has 2 N–H and O–H groups in total. The van der Waals surface area contributed by atoms with E-state index in [9.17, 15) is 8.42 Å². The Balaban J connectivity index is 2.68. The standard InChI is InChI=1S/C15H32N2O2S/c1-5-17(10-11-20(18,19)15(2,3)4)14-9-7-6-8-13(14)12-16/h13-14H,5-12,16H2,1-4H3. The summed E-state index contributed by atoms with van der Waals surface area (Å²) in [5.41, 5.74) is 5.89. The highest BCUT2D eigenvalue weighted by Gasteiger charge is 2.32. The molecule has 1 rings (SSSR count). The lowest BCUT2D eigenvalue weighted by molar-refractivity contribution is 0.119. The molecule has 2 atom stereocenters. The molecule has 0 aromatic carbocycles. The molecular weight excluding hydrogens is 272 g/mol. The first kappa shape index (κ1) is 17.9. The van der Waals surface area contributed by atoms with Crippen molar-refractivity contribution in [1.82, 2.24) is 4.90 Å². The molecule has 0 saturated heterocycles. The maximum atomic E-state index is 12.3. The van der Waals surface area contributed by atoms with Crippen molar-refractivity contribution in [2.24, 2.45) is 11.7 Å². The molecule has 5 heteroatoms. The lowest BCUT2D eigenvalue weighted by Crippen LogP contribution is -2.47. The minimum absolute atomic E-state index is 0.248. The van der Waals surface area contributed by atoms with Crippen molar-refractivity contribution in [2.75, 3.05) is 25.4 Å². The molecular formula is C15H32N2O2S. The van der Waals surface area contributed by atoms with E-state index in [1.807, 2.05) is 0 Å². The van der Waals surface area contributed by atoms with Gasteiger partial charge in [0.25, 0.3) is 0 Å². The third-order valence-electron chi connectivity index (χ3n) is 4.63. The molecule has 0 radical (unpaired) electrons. The monoisotopic (exact) mass is 304 g/mol. The lowest BCUT2D eigenvalue weighted by atomic mass is 9.83. The highest BCUT2D eigenvalue weighted by atomic mass is 32.2. The van der Waals surface area contributed by atoms with Crippen LogP contribution in [-0.4, -0.2) is 49.5 Å². The molecule has 1 fully saturated rings. The van der Waals surface area contributed by atoms with Gasteiger partial charge in [0.1, 0.15) is 0 Å². The van der Waals surface area contributed by atoms with Crippen molar-refractivity contribution >= 4 is 9.84 Å². The molecule has 1 aliphatic carbocycles. The Bertz CT molecular complexity index is 387. The summed E-state index contributed by atoms with van der Waals surface area (Å²) in [5, 5.41) is 0. The molecule has 4 nitrogen and oxygen atoms in total. The molecule has 20 heavy (non-hydrogen) atoms. The van der Waals surface area contributed by atoms with Crippen LogP contribution in [0.5, 0.6) is 0 Å². The average Bonchev–Trinajstić information content (AvgIpc) is 2.38. The van der Waals surface area contributed by atoms with Crippen LogP contribution < -0.4 is 5.73 Å². The zero-order chi connectivity index (χ0) is 15.4. The lowest BCUT2D eigenvalue weighted by Gasteiger charge is -2.39. The molecule has 0 aromatic heterocycles. The molecule has 0 bridgehead atoms. The normalized spacial score (nSPS) is 25.1. The summed E-state index contributed by atoms with van der Waals surface area (Å²) in [6.45, 7) is 9.71. The van der Waals surface area contributed by atoms with Crippen molar-refractivity contribution < 1.29 is 8.42 Å². The van der Waals surface area contributed by atoms with E-state index in [0.717, 1.165) is 13.0 Å². The van der Waals surface area contributed by atoms with Crippen molar-refractivity contribution in [3.63, 3.8) is 0 Å². The Morgan fingerprint density at radius 1 is 1.20 bits per heavy atom. The van der Waals surface area contributed by atoms with Crippen LogP contribution in [0.1, 0.15) is 53.4 Å². The quantitative estimate of drug-likeness (QED) is 0.815. The maximum Gasteiger partial charge on any atom is 0.156 e. The van der Waals surface area contributed by atoms with Crippen LogP contribution >= 0.6 is 0 Å². The fourth-order valence-corrected chi connectivity index (χ4v) is 4.13. The molecule has 1 aliphatic rings. The van der Waals surface area contributed by atoms with Gasteiger partial charge in [-0.2, -0.15) is 0 Å². The van der Waals surface area contributed by atoms with Gasteiger partial charge in [0.15, 0.2) is 9.84 Å². The van der Waals surface area contributed by atoms with Crippen LogP contribution in [0.25, 0.3) is 0 Å². The van der Waals surface area contributed by atoms with Crippen LogP contribution in [-0.2, 0) is 9.84 Å². The Hall–Kier alpha value is -0.130. The smallest absolute Gasteiger partial charge is 0.156 e. The van der Waals surface area contributed by atoms with E-state index < -0.39 is 14.6 Å². The zero-order valence-corrected chi connectivity index (χ0v) is 14.4. The summed E-state index contributed by atoms with van der Waals surface area (Å²) in [6, 6.07) is 0.467. The molecule has 0 aliphatic heterocycles. The predicted octanol–water partition coefficient (Wildman–Crippen LogP) is 2.04. The van der Waals surface area contributed by atoms with Crippen LogP contribution in [0, 0.1) is 5.92 Å². The maximum absolute atomic E-state index is 12.3. The van der Waals surface area contributed by atoms with E-state index >= 15 is 0 Å². The van der Waals surface area contributed by atoms with Crippen molar-refractivity contribution in [3.05, 3.63) is 0 Å². The fourth-order valence-electron chi connectivity index (χ4n) is 3.05. The number of hydrogen-bond acceptors (Lipinski definition) is 4. The van der Waals surface area contributed by atoms with Crippen LogP contribution in [0.2, 0.25) is 0 Å². The van der Waals surface area contributed by atoms with Gasteiger partial charge in [-0.05, 0) is 52.6 Å². The highest BCUT2D eigenvalue weighted by molar-refractivity contribution is 7.92. The molecule has 2 unspecified atom stereocenters. The Morgan fingerprint density at radius 3 is 2.30 bits per heavy atom. The van der Waals surface area contributed by atoms with Gasteiger partial charge in [-0.15, -0.1) is 0 Å². The topological polar surface area (TPSA) is 63.4 Å². The molecule has 1 saturated carbocycles. The first-order chi connectivity index (χ1) is 9.23. The molecule has 0 heterocycles. The summed E-state index contributed by atoms with van der Waals surface area (Å²) < 4.78 is 23.8. The first-order valence-corrected chi connectivity index (χ1v) is 9.54. The second kappa shape index (κ2) is 7.23. The second-order valence-corrected chi connectivity index (χ2v) is 9.77. The number of rotatable bonds is 6. The van der Waals surface area contributed by atoms with Gasteiger partial charge < -0.3 is 5.73 Å². The van der Waals surface area contributed by atoms with Gasteiger partial charge in [-0.1, -0.05) is 19.8 Å².